The normalized spacial score (nSPS) is 12.2. The molecule has 0 aliphatic carbocycles. The molecule has 0 spiro atoms. The van der Waals surface area contributed by atoms with Crippen molar-refractivity contribution in [3.63, 3.8) is 0 Å². The molecular formula is C13H16Br2O2. The molecule has 1 aromatic carbocycles. The quantitative estimate of drug-likeness (QED) is 0.586. The second-order valence-corrected chi connectivity index (χ2v) is 5.71. The van der Waals surface area contributed by atoms with E-state index < -0.39 is 0 Å². The topological polar surface area (TPSA) is 26.3 Å². The Morgan fingerprint density at radius 1 is 1.35 bits per heavy atom. The number of halogens is 2. The Kier molecular flexibility index (Phi) is 6.20. The van der Waals surface area contributed by atoms with Crippen LogP contribution in [0.2, 0.25) is 0 Å². The van der Waals surface area contributed by atoms with Gasteiger partial charge in [0.25, 0.3) is 0 Å². The van der Waals surface area contributed by atoms with Crippen molar-refractivity contribution in [3.8, 4) is 0 Å². The maximum atomic E-state index is 11.5. The molecule has 0 saturated carbocycles. The van der Waals surface area contributed by atoms with Crippen molar-refractivity contribution in [2.24, 2.45) is 0 Å². The highest BCUT2D eigenvalue weighted by Crippen LogP contribution is 2.21. The lowest BCUT2D eigenvalue weighted by molar-refractivity contribution is -0.142. The van der Waals surface area contributed by atoms with E-state index in [1.54, 1.807) is 0 Å². The summed E-state index contributed by atoms with van der Waals surface area (Å²) in [6.07, 6.45) is 1.62. The van der Waals surface area contributed by atoms with E-state index in [0.29, 0.717) is 13.0 Å². The van der Waals surface area contributed by atoms with Crippen molar-refractivity contribution in [1.82, 2.24) is 0 Å². The maximum absolute atomic E-state index is 11.5. The van der Waals surface area contributed by atoms with E-state index in [0.717, 1.165) is 10.9 Å². The van der Waals surface area contributed by atoms with Crippen LogP contribution in [-0.2, 0) is 22.4 Å². The number of carbonyl (C=O) groups excluding carboxylic acids is 1. The first-order valence-corrected chi connectivity index (χ1v) is 7.37. The molecule has 4 heteroatoms. The minimum atomic E-state index is -0.270. The fourth-order valence-corrected chi connectivity index (χ4v) is 2.52. The maximum Gasteiger partial charge on any atom is 0.320 e. The number of carbonyl (C=O) groups is 1. The van der Waals surface area contributed by atoms with Crippen LogP contribution in [0, 0.1) is 0 Å². The minimum Gasteiger partial charge on any atom is -0.465 e. The van der Waals surface area contributed by atoms with Gasteiger partial charge in [-0.2, -0.15) is 0 Å². The number of ether oxygens (including phenoxy) is 1. The monoisotopic (exact) mass is 362 g/mol. The highest BCUT2D eigenvalue weighted by molar-refractivity contribution is 9.10. The van der Waals surface area contributed by atoms with Crippen LogP contribution in [0.25, 0.3) is 0 Å². The van der Waals surface area contributed by atoms with Crippen molar-refractivity contribution >= 4 is 37.8 Å². The smallest absolute Gasteiger partial charge is 0.320 e. The largest absolute Gasteiger partial charge is 0.465 e. The van der Waals surface area contributed by atoms with Crippen molar-refractivity contribution in [3.05, 3.63) is 33.8 Å². The first-order chi connectivity index (χ1) is 8.08. The van der Waals surface area contributed by atoms with Gasteiger partial charge in [0.2, 0.25) is 0 Å². The third-order valence-corrected chi connectivity index (χ3v) is 3.68. The third-order valence-electron chi connectivity index (χ3n) is 2.49. The van der Waals surface area contributed by atoms with E-state index in [9.17, 15) is 4.79 Å². The van der Waals surface area contributed by atoms with Crippen LogP contribution in [0.1, 0.15) is 25.0 Å². The van der Waals surface area contributed by atoms with Gasteiger partial charge in [0.1, 0.15) is 4.83 Å². The third kappa shape index (κ3) is 4.43. The molecule has 0 aliphatic heterocycles. The first kappa shape index (κ1) is 14.7. The number of benzene rings is 1. The van der Waals surface area contributed by atoms with Crippen LogP contribution in [0.4, 0.5) is 0 Å². The average molecular weight is 364 g/mol. The van der Waals surface area contributed by atoms with Crippen LogP contribution in [0.15, 0.2) is 22.7 Å². The first-order valence-electron chi connectivity index (χ1n) is 5.66. The molecule has 1 unspecified atom stereocenters. The molecule has 0 fully saturated rings. The Morgan fingerprint density at radius 2 is 2.06 bits per heavy atom. The van der Waals surface area contributed by atoms with Crippen LogP contribution < -0.4 is 0 Å². The highest BCUT2D eigenvalue weighted by Gasteiger charge is 2.17. The molecule has 0 heterocycles. The van der Waals surface area contributed by atoms with Crippen LogP contribution >= 0.6 is 31.9 Å². The molecule has 0 aromatic heterocycles. The molecule has 1 aromatic rings. The molecule has 1 rings (SSSR count). The Morgan fingerprint density at radius 3 is 2.65 bits per heavy atom. The van der Waals surface area contributed by atoms with E-state index in [1.807, 2.05) is 13.0 Å². The summed E-state index contributed by atoms with van der Waals surface area (Å²) in [5.41, 5.74) is 2.44. The van der Waals surface area contributed by atoms with Gasteiger partial charge in [0, 0.05) is 4.47 Å². The van der Waals surface area contributed by atoms with Crippen LogP contribution in [0.5, 0.6) is 0 Å². The van der Waals surface area contributed by atoms with E-state index in [1.165, 1.54) is 11.1 Å². The van der Waals surface area contributed by atoms with Crippen molar-refractivity contribution in [1.29, 1.82) is 0 Å². The zero-order chi connectivity index (χ0) is 12.8. The second kappa shape index (κ2) is 7.17. The molecule has 0 bridgehead atoms. The number of alkyl halides is 1. The molecule has 0 aliphatic rings. The van der Waals surface area contributed by atoms with Crippen molar-refractivity contribution < 1.29 is 9.53 Å². The lowest BCUT2D eigenvalue weighted by Gasteiger charge is -2.12. The van der Waals surface area contributed by atoms with Gasteiger partial charge in [0.05, 0.1) is 6.61 Å². The average Bonchev–Trinajstić information content (AvgIpc) is 2.31. The number of hydrogen-bond acceptors (Lipinski definition) is 2. The van der Waals surface area contributed by atoms with Crippen LogP contribution in [-0.4, -0.2) is 17.4 Å². The van der Waals surface area contributed by atoms with Crippen molar-refractivity contribution in [2.75, 3.05) is 6.61 Å². The zero-order valence-electron chi connectivity index (χ0n) is 10.0. The molecule has 94 valence electrons. The fraction of sp³-hybridized carbons (Fsp3) is 0.462. The van der Waals surface area contributed by atoms with Gasteiger partial charge in [-0.15, -0.1) is 0 Å². The molecule has 0 N–H and O–H groups in total. The van der Waals surface area contributed by atoms with Gasteiger partial charge in [-0.05, 0) is 43.0 Å². The Bertz CT molecular complexity index is 391. The standard InChI is InChI=1S/C13H16Br2O2/c1-3-9-7-11(14)6-5-10(9)8-12(15)13(16)17-4-2/h5-7,12H,3-4,8H2,1-2H3. The summed E-state index contributed by atoms with van der Waals surface area (Å²) in [6.45, 7) is 4.34. The van der Waals surface area contributed by atoms with Crippen LogP contribution in [0.3, 0.4) is 0 Å². The molecule has 0 saturated heterocycles. The van der Waals surface area contributed by atoms with Gasteiger partial charge in [-0.25, -0.2) is 0 Å². The molecule has 1 atom stereocenters. The predicted octanol–water partition coefficient (Wildman–Crippen LogP) is 3.88. The van der Waals surface area contributed by atoms with Gasteiger partial charge in [-0.1, -0.05) is 44.8 Å². The van der Waals surface area contributed by atoms with E-state index in [2.05, 4.69) is 50.9 Å². The molecule has 2 nitrogen and oxygen atoms in total. The lowest BCUT2D eigenvalue weighted by atomic mass is 10.0. The lowest BCUT2D eigenvalue weighted by Crippen LogP contribution is -2.20. The highest BCUT2D eigenvalue weighted by atomic mass is 79.9. The van der Waals surface area contributed by atoms with E-state index in [4.69, 9.17) is 4.74 Å². The van der Waals surface area contributed by atoms with Crippen molar-refractivity contribution in [2.45, 2.75) is 31.5 Å². The number of hydrogen-bond donors (Lipinski definition) is 0. The van der Waals surface area contributed by atoms with E-state index in [-0.39, 0.29) is 10.8 Å². The van der Waals surface area contributed by atoms with Gasteiger partial charge < -0.3 is 4.74 Å². The van der Waals surface area contributed by atoms with Gasteiger partial charge in [0.15, 0.2) is 0 Å². The van der Waals surface area contributed by atoms with Gasteiger partial charge in [-0.3, -0.25) is 4.79 Å². The Hall–Kier alpha value is -0.350. The SMILES string of the molecule is CCOC(=O)C(Br)Cc1ccc(Br)cc1CC. The molecule has 0 amide bonds. The molecule has 0 radical (unpaired) electrons. The summed E-state index contributed by atoms with van der Waals surface area (Å²) in [5, 5.41) is 0. The predicted molar refractivity (Wildman–Crippen MR) is 76.6 cm³/mol. The number of esters is 1. The summed E-state index contributed by atoms with van der Waals surface area (Å²) in [5.74, 6) is -0.197. The summed E-state index contributed by atoms with van der Waals surface area (Å²) in [4.78, 5) is 11.3. The molecular weight excluding hydrogens is 348 g/mol. The summed E-state index contributed by atoms with van der Waals surface area (Å²) in [6, 6.07) is 6.15. The summed E-state index contributed by atoms with van der Waals surface area (Å²) in [7, 11) is 0. The van der Waals surface area contributed by atoms with Gasteiger partial charge >= 0.3 is 5.97 Å². The zero-order valence-corrected chi connectivity index (χ0v) is 13.2. The van der Waals surface area contributed by atoms with E-state index >= 15 is 0 Å². The second-order valence-electron chi connectivity index (χ2n) is 3.69. The summed E-state index contributed by atoms with van der Waals surface area (Å²) < 4.78 is 6.05. The Labute approximate surface area is 119 Å². The number of aryl methyl sites for hydroxylation is 1. The fourth-order valence-electron chi connectivity index (χ4n) is 1.63. The Balaban J connectivity index is 2.77. The summed E-state index contributed by atoms with van der Waals surface area (Å²) >= 11 is 6.83. The minimum absolute atomic E-state index is 0.197. The number of rotatable bonds is 5. The molecule has 17 heavy (non-hydrogen) atoms.